The summed E-state index contributed by atoms with van der Waals surface area (Å²) < 4.78 is 5.93. The van der Waals surface area contributed by atoms with Crippen LogP contribution in [0.25, 0.3) is 0 Å². The number of aryl methyl sites for hydroxylation is 1. The van der Waals surface area contributed by atoms with Crippen LogP contribution in [0.2, 0.25) is 0 Å². The van der Waals surface area contributed by atoms with Crippen LogP contribution < -0.4 is 5.32 Å². The third kappa shape index (κ3) is 6.06. The number of benzene rings is 1. The molecule has 20 heavy (non-hydrogen) atoms. The zero-order valence-electron chi connectivity index (χ0n) is 12.8. The average molecular weight is 275 g/mol. The summed E-state index contributed by atoms with van der Waals surface area (Å²) in [5.41, 5.74) is 1.43. The molecule has 2 heteroatoms. The van der Waals surface area contributed by atoms with Crippen LogP contribution in [0, 0.1) is 0 Å². The van der Waals surface area contributed by atoms with E-state index in [9.17, 15) is 0 Å². The van der Waals surface area contributed by atoms with E-state index in [1.807, 2.05) is 0 Å². The maximum atomic E-state index is 5.93. The molecule has 0 bridgehead atoms. The number of rotatable bonds is 8. The third-order valence-corrected chi connectivity index (χ3v) is 4.21. The van der Waals surface area contributed by atoms with E-state index in [0.29, 0.717) is 12.1 Å². The molecule has 1 aromatic rings. The smallest absolute Gasteiger partial charge is 0.0594 e. The van der Waals surface area contributed by atoms with Crippen LogP contribution in [0.5, 0.6) is 0 Å². The Morgan fingerprint density at radius 3 is 2.65 bits per heavy atom. The van der Waals surface area contributed by atoms with Crippen LogP contribution >= 0.6 is 0 Å². The summed E-state index contributed by atoms with van der Waals surface area (Å²) in [6.45, 7) is 4.11. The Balaban J connectivity index is 1.50. The van der Waals surface area contributed by atoms with Gasteiger partial charge in [0, 0.05) is 12.6 Å². The molecule has 1 saturated carbocycles. The predicted octanol–water partition coefficient (Wildman–Crippen LogP) is 3.95. The molecule has 1 atom stereocenters. The fourth-order valence-electron chi connectivity index (χ4n) is 2.89. The third-order valence-electron chi connectivity index (χ3n) is 4.21. The van der Waals surface area contributed by atoms with E-state index in [0.717, 1.165) is 19.6 Å². The van der Waals surface area contributed by atoms with Crippen molar-refractivity contribution < 1.29 is 4.74 Å². The van der Waals surface area contributed by atoms with Gasteiger partial charge in [0.25, 0.3) is 0 Å². The van der Waals surface area contributed by atoms with Crippen molar-refractivity contribution in [3.63, 3.8) is 0 Å². The van der Waals surface area contributed by atoms with Gasteiger partial charge in [0.1, 0.15) is 0 Å². The minimum absolute atomic E-state index is 0.533. The van der Waals surface area contributed by atoms with Gasteiger partial charge in [-0.2, -0.15) is 0 Å². The van der Waals surface area contributed by atoms with Crippen molar-refractivity contribution in [2.24, 2.45) is 0 Å². The maximum Gasteiger partial charge on any atom is 0.0594 e. The van der Waals surface area contributed by atoms with Gasteiger partial charge in [-0.3, -0.25) is 0 Å². The lowest BCUT2D eigenvalue weighted by molar-refractivity contribution is 0.0295. The lowest BCUT2D eigenvalue weighted by Crippen LogP contribution is -2.31. The molecule has 1 fully saturated rings. The summed E-state index contributed by atoms with van der Waals surface area (Å²) in [4.78, 5) is 0. The Morgan fingerprint density at radius 1 is 1.15 bits per heavy atom. The first kappa shape index (κ1) is 15.5. The number of ether oxygens (including phenoxy) is 1. The molecule has 1 aromatic carbocycles. The van der Waals surface area contributed by atoms with Crippen LogP contribution in [0.1, 0.15) is 51.0 Å². The zero-order valence-corrected chi connectivity index (χ0v) is 12.8. The van der Waals surface area contributed by atoms with E-state index in [2.05, 4.69) is 42.6 Å². The average Bonchev–Trinajstić information content (AvgIpc) is 2.52. The molecule has 1 N–H and O–H groups in total. The highest BCUT2D eigenvalue weighted by atomic mass is 16.5. The SMILES string of the molecule is CC(CCc1ccccc1)NCCOC1CCCCC1. The molecule has 1 unspecified atom stereocenters. The molecule has 0 heterocycles. The molecular formula is C18H29NO. The van der Waals surface area contributed by atoms with E-state index in [1.165, 1.54) is 44.1 Å². The first-order valence-corrected chi connectivity index (χ1v) is 8.23. The second-order valence-electron chi connectivity index (χ2n) is 6.01. The van der Waals surface area contributed by atoms with Gasteiger partial charge in [-0.05, 0) is 38.2 Å². The lowest BCUT2D eigenvalue weighted by atomic mass is 9.98. The largest absolute Gasteiger partial charge is 0.377 e. The summed E-state index contributed by atoms with van der Waals surface area (Å²) >= 11 is 0. The molecule has 1 aliphatic rings. The molecule has 0 radical (unpaired) electrons. The van der Waals surface area contributed by atoms with Crippen molar-refractivity contribution in [3.05, 3.63) is 35.9 Å². The van der Waals surface area contributed by atoms with Crippen LogP contribution in [0.15, 0.2) is 30.3 Å². The Bertz CT molecular complexity index is 346. The van der Waals surface area contributed by atoms with Gasteiger partial charge in [-0.15, -0.1) is 0 Å². The van der Waals surface area contributed by atoms with Crippen molar-refractivity contribution in [2.75, 3.05) is 13.2 Å². The normalized spacial score (nSPS) is 18.1. The summed E-state index contributed by atoms with van der Waals surface area (Å²) in [5.74, 6) is 0. The van der Waals surface area contributed by atoms with Crippen LogP contribution in [0.4, 0.5) is 0 Å². The van der Waals surface area contributed by atoms with Gasteiger partial charge in [0.05, 0.1) is 12.7 Å². The summed E-state index contributed by atoms with van der Waals surface area (Å²) in [5, 5.41) is 3.57. The van der Waals surface area contributed by atoms with Crippen molar-refractivity contribution >= 4 is 0 Å². The first-order chi connectivity index (χ1) is 9.84. The highest BCUT2D eigenvalue weighted by Crippen LogP contribution is 2.19. The molecular weight excluding hydrogens is 246 g/mol. The van der Waals surface area contributed by atoms with Crippen LogP contribution in [-0.4, -0.2) is 25.3 Å². The highest BCUT2D eigenvalue weighted by Gasteiger charge is 2.13. The van der Waals surface area contributed by atoms with E-state index in [4.69, 9.17) is 4.74 Å². The fraction of sp³-hybridized carbons (Fsp3) is 0.667. The first-order valence-electron chi connectivity index (χ1n) is 8.23. The monoisotopic (exact) mass is 275 g/mol. The van der Waals surface area contributed by atoms with Crippen molar-refractivity contribution in [3.8, 4) is 0 Å². The topological polar surface area (TPSA) is 21.3 Å². The van der Waals surface area contributed by atoms with Gasteiger partial charge < -0.3 is 10.1 Å². The summed E-state index contributed by atoms with van der Waals surface area (Å²) in [6, 6.07) is 11.3. The second kappa shape index (κ2) is 9.15. The van der Waals surface area contributed by atoms with Crippen molar-refractivity contribution in [2.45, 2.75) is 64.0 Å². The minimum atomic E-state index is 0.533. The molecule has 0 saturated heterocycles. The number of hydrogen-bond donors (Lipinski definition) is 1. The standard InChI is InChI=1S/C18H29NO/c1-16(12-13-17-8-4-2-5-9-17)19-14-15-20-18-10-6-3-7-11-18/h2,4-5,8-9,16,18-19H,3,6-7,10-15H2,1H3. The van der Waals surface area contributed by atoms with Crippen molar-refractivity contribution in [1.29, 1.82) is 0 Å². The molecule has 2 rings (SSSR count). The van der Waals surface area contributed by atoms with Crippen LogP contribution in [-0.2, 0) is 11.2 Å². The Hall–Kier alpha value is -0.860. The van der Waals surface area contributed by atoms with Gasteiger partial charge in [0.2, 0.25) is 0 Å². The molecule has 0 aromatic heterocycles. The highest BCUT2D eigenvalue weighted by molar-refractivity contribution is 5.14. The summed E-state index contributed by atoms with van der Waals surface area (Å²) in [7, 11) is 0. The van der Waals surface area contributed by atoms with E-state index < -0.39 is 0 Å². The zero-order chi connectivity index (χ0) is 14.0. The minimum Gasteiger partial charge on any atom is -0.377 e. The predicted molar refractivity (Wildman–Crippen MR) is 85.1 cm³/mol. The number of nitrogens with one attached hydrogen (secondary N) is 1. The molecule has 2 nitrogen and oxygen atoms in total. The Kier molecular flexibility index (Phi) is 7.10. The number of hydrogen-bond acceptors (Lipinski definition) is 2. The second-order valence-corrected chi connectivity index (χ2v) is 6.01. The lowest BCUT2D eigenvalue weighted by Gasteiger charge is -2.22. The Labute approximate surface area is 123 Å². The van der Waals surface area contributed by atoms with Crippen LogP contribution in [0.3, 0.4) is 0 Å². The quantitative estimate of drug-likeness (QED) is 0.725. The van der Waals surface area contributed by atoms with Crippen molar-refractivity contribution in [1.82, 2.24) is 5.32 Å². The van der Waals surface area contributed by atoms with Gasteiger partial charge in [-0.1, -0.05) is 49.6 Å². The van der Waals surface area contributed by atoms with E-state index in [-0.39, 0.29) is 0 Å². The maximum absolute atomic E-state index is 5.93. The molecule has 0 amide bonds. The fourth-order valence-corrected chi connectivity index (χ4v) is 2.89. The Morgan fingerprint density at radius 2 is 1.90 bits per heavy atom. The van der Waals surface area contributed by atoms with Gasteiger partial charge in [0.15, 0.2) is 0 Å². The molecule has 112 valence electrons. The van der Waals surface area contributed by atoms with Gasteiger partial charge in [-0.25, -0.2) is 0 Å². The molecule has 0 spiro atoms. The molecule has 0 aliphatic heterocycles. The van der Waals surface area contributed by atoms with E-state index in [1.54, 1.807) is 0 Å². The summed E-state index contributed by atoms with van der Waals surface area (Å²) in [6.07, 6.45) is 9.51. The van der Waals surface area contributed by atoms with E-state index >= 15 is 0 Å². The van der Waals surface area contributed by atoms with Gasteiger partial charge >= 0.3 is 0 Å². The molecule has 1 aliphatic carbocycles.